The molecule has 0 saturated heterocycles. The number of hydrogen-bond acceptors (Lipinski definition) is 2. The molecule has 0 spiro atoms. The first kappa shape index (κ1) is 12.8. The lowest BCUT2D eigenvalue weighted by molar-refractivity contribution is -0.141. The molecule has 1 aliphatic rings. The monoisotopic (exact) mass is 296 g/mol. The van der Waals surface area contributed by atoms with Gasteiger partial charge >= 0.3 is 0 Å². The zero-order valence-electron chi connectivity index (χ0n) is 9.73. The van der Waals surface area contributed by atoms with Crippen molar-refractivity contribution >= 4 is 21.7 Å². The lowest BCUT2D eigenvalue weighted by Crippen LogP contribution is -2.42. The van der Waals surface area contributed by atoms with Crippen molar-refractivity contribution in [1.29, 1.82) is 0 Å². The molecule has 1 aliphatic carbocycles. The van der Waals surface area contributed by atoms with Crippen LogP contribution >= 0.6 is 15.9 Å². The Morgan fingerprint density at radius 1 is 1.29 bits per heavy atom. The second kappa shape index (κ2) is 5.32. The topological polar surface area (TPSA) is 37.3 Å². The van der Waals surface area contributed by atoms with E-state index >= 15 is 0 Å². The van der Waals surface area contributed by atoms with Crippen molar-refractivity contribution in [2.45, 2.75) is 31.3 Å². The molecule has 1 N–H and O–H groups in total. The molecule has 0 heterocycles. The molecule has 17 heavy (non-hydrogen) atoms. The van der Waals surface area contributed by atoms with Gasteiger partial charge in [0.25, 0.3) is 0 Å². The van der Waals surface area contributed by atoms with E-state index in [-0.39, 0.29) is 17.0 Å². The maximum absolute atomic E-state index is 12.1. The van der Waals surface area contributed by atoms with Crippen LogP contribution in [0.25, 0.3) is 0 Å². The minimum absolute atomic E-state index is 0.0648. The van der Waals surface area contributed by atoms with E-state index in [4.69, 9.17) is 0 Å². The average molecular weight is 297 g/mol. The highest BCUT2D eigenvalue weighted by atomic mass is 79.9. The first-order valence-corrected chi connectivity index (χ1v) is 7.19. The van der Waals surface area contributed by atoms with Crippen LogP contribution in [0.2, 0.25) is 0 Å². The Labute approximate surface area is 110 Å². The van der Waals surface area contributed by atoms with Gasteiger partial charge in [-0.1, -0.05) is 59.1 Å². The van der Waals surface area contributed by atoms with Crippen molar-refractivity contribution in [3.8, 4) is 0 Å². The van der Waals surface area contributed by atoms with Crippen LogP contribution in [0, 0.1) is 5.92 Å². The van der Waals surface area contributed by atoms with E-state index in [1.165, 1.54) is 0 Å². The second-order valence-corrected chi connectivity index (χ2v) is 5.23. The van der Waals surface area contributed by atoms with E-state index in [9.17, 15) is 9.90 Å². The van der Waals surface area contributed by atoms with E-state index in [2.05, 4.69) is 15.9 Å². The molecule has 92 valence electrons. The molecule has 0 amide bonds. The van der Waals surface area contributed by atoms with Crippen molar-refractivity contribution in [3.05, 3.63) is 35.9 Å². The van der Waals surface area contributed by atoms with Gasteiger partial charge in [-0.15, -0.1) is 0 Å². The van der Waals surface area contributed by atoms with Crippen molar-refractivity contribution in [3.63, 3.8) is 0 Å². The van der Waals surface area contributed by atoms with Crippen LogP contribution in [0.3, 0.4) is 0 Å². The fourth-order valence-electron chi connectivity index (χ4n) is 2.76. The second-order valence-electron chi connectivity index (χ2n) is 4.67. The minimum Gasteiger partial charge on any atom is -0.377 e. The third-order valence-corrected chi connectivity index (χ3v) is 4.22. The maximum Gasteiger partial charge on any atom is 0.179 e. The van der Waals surface area contributed by atoms with Crippen LogP contribution < -0.4 is 0 Å². The summed E-state index contributed by atoms with van der Waals surface area (Å²) in [5, 5.41) is 11.1. The van der Waals surface area contributed by atoms with Crippen LogP contribution in [0.1, 0.15) is 31.2 Å². The van der Waals surface area contributed by atoms with Gasteiger partial charge in [0.15, 0.2) is 11.4 Å². The highest BCUT2D eigenvalue weighted by Gasteiger charge is 2.45. The van der Waals surface area contributed by atoms with Gasteiger partial charge in [0, 0.05) is 0 Å². The summed E-state index contributed by atoms with van der Waals surface area (Å²) >= 11 is 3.19. The molecule has 2 rings (SSSR count). The van der Waals surface area contributed by atoms with E-state index < -0.39 is 5.60 Å². The number of rotatable bonds is 4. The highest BCUT2D eigenvalue weighted by molar-refractivity contribution is 9.09. The van der Waals surface area contributed by atoms with Gasteiger partial charge in [-0.05, 0) is 24.3 Å². The van der Waals surface area contributed by atoms with E-state index in [0.717, 1.165) is 31.2 Å². The van der Waals surface area contributed by atoms with Crippen LogP contribution in [-0.4, -0.2) is 16.2 Å². The highest BCUT2D eigenvalue weighted by Crippen LogP contribution is 2.41. The largest absolute Gasteiger partial charge is 0.377 e. The summed E-state index contributed by atoms with van der Waals surface area (Å²) in [5.41, 5.74) is -0.572. The van der Waals surface area contributed by atoms with Gasteiger partial charge in [0.1, 0.15) is 0 Å². The Morgan fingerprint density at radius 2 is 1.88 bits per heavy atom. The molecule has 0 aromatic heterocycles. The smallest absolute Gasteiger partial charge is 0.179 e. The molecular weight excluding hydrogens is 280 g/mol. The van der Waals surface area contributed by atoms with Gasteiger partial charge in [-0.25, -0.2) is 0 Å². The third kappa shape index (κ3) is 2.31. The quantitative estimate of drug-likeness (QED) is 0.867. The summed E-state index contributed by atoms with van der Waals surface area (Å²) in [4.78, 5) is 12.1. The summed E-state index contributed by atoms with van der Waals surface area (Å²) < 4.78 is 0. The SMILES string of the molecule is O=C(CBr)C(O)(c1ccccc1)C1CCCC1. The minimum atomic E-state index is -1.30. The summed E-state index contributed by atoms with van der Waals surface area (Å²) in [7, 11) is 0. The molecule has 0 aliphatic heterocycles. The molecule has 1 fully saturated rings. The Balaban J connectivity index is 2.39. The number of carbonyl (C=O) groups is 1. The molecule has 0 radical (unpaired) electrons. The van der Waals surface area contributed by atoms with Gasteiger partial charge in [-0.2, -0.15) is 0 Å². The molecule has 1 aromatic carbocycles. The first-order chi connectivity index (χ1) is 8.19. The lowest BCUT2D eigenvalue weighted by atomic mass is 9.77. The van der Waals surface area contributed by atoms with Crippen LogP contribution in [0.4, 0.5) is 0 Å². The molecule has 1 unspecified atom stereocenters. The first-order valence-electron chi connectivity index (χ1n) is 6.06. The molecule has 1 atom stereocenters. The molecule has 0 bridgehead atoms. The lowest BCUT2D eigenvalue weighted by Gasteiger charge is -2.32. The standard InChI is InChI=1S/C14H17BrO2/c15-10-13(16)14(17,12-8-4-5-9-12)11-6-2-1-3-7-11/h1-3,6-7,12,17H,4-5,8-10H2. The molecule has 2 nitrogen and oxygen atoms in total. The number of carbonyl (C=O) groups excluding carboxylic acids is 1. The number of Topliss-reactive ketones (excluding diaryl/α,β-unsaturated/α-hetero) is 1. The fourth-order valence-corrected chi connectivity index (χ4v) is 3.19. The fraction of sp³-hybridized carbons (Fsp3) is 0.500. The van der Waals surface area contributed by atoms with E-state index in [0.29, 0.717) is 0 Å². The number of ketones is 1. The Morgan fingerprint density at radius 3 is 2.41 bits per heavy atom. The summed E-state index contributed by atoms with van der Waals surface area (Å²) in [6.07, 6.45) is 4.08. The van der Waals surface area contributed by atoms with Gasteiger partial charge in [0.2, 0.25) is 0 Å². The predicted molar refractivity (Wildman–Crippen MR) is 71.1 cm³/mol. The zero-order chi connectivity index (χ0) is 12.3. The van der Waals surface area contributed by atoms with Crippen LogP contribution in [0.5, 0.6) is 0 Å². The number of alkyl halides is 1. The van der Waals surface area contributed by atoms with Crippen molar-refractivity contribution < 1.29 is 9.90 Å². The normalized spacial score (nSPS) is 20.1. The zero-order valence-corrected chi connectivity index (χ0v) is 11.3. The summed E-state index contributed by atoms with van der Waals surface area (Å²) in [6, 6.07) is 9.34. The average Bonchev–Trinajstić information content (AvgIpc) is 2.92. The Hall–Kier alpha value is -0.670. The van der Waals surface area contributed by atoms with Crippen molar-refractivity contribution in [2.24, 2.45) is 5.92 Å². The van der Waals surface area contributed by atoms with Crippen LogP contribution in [-0.2, 0) is 10.4 Å². The number of hydrogen-bond donors (Lipinski definition) is 1. The molecule has 1 aromatic rings. The van der Waals surface area contributed by atoms with Gasteiger partial charge in [0.05, 0.1) is 5.33 Å². The Kier molecular flexibility index (Phi) is 4.00. The van der Waals surface area contributed by atoms with Crippen molar-refractivity contribution in [1.82, 2.24) is 0 Å². The van der Waals surface area contributed by atoms with Gasteiger partial charge < -0.3 is 5.11 Å². The van der Waals surface area contributed by atoms with E-state index in [1.54, 1.807) is 0 Å². The van der Waals surface area contributed by atoms with Crippen LogP contribution in [0.15, 0.2) is 30.3 Å². The number of benzene rings is 1. The maximum atomic E-state index is 12.1. The van der Waals surface area contributed by atoms with Gasteiger partial charge in [-0.3, -0.25) is 4.79 Å². The molecule has 1 saturated carbocycles. The predicted octanol–water partition coefficient (Wildman–Crippen LogP) is 3.03. The molecular formula is C14H17BrO2. The van der Waals surface area contributed by atoms with Crippen molar-refractivity contribution in [2.75, 3.05) is 5.33 Å². The summed E-state index contributed by atoms with van der Waals surface area (Å²) in [5.74, 6) is -0.0643. The number of halogens is 1. The molecule has 3 heteroatoms. The number of aliphatic hydroxyl groups is 1. The Bertz CT molecular complexity index is 384. The van der Waals surface area contributed by atoms with E-state index in [1.807, 2.05) is 30.3 Å². The summed E-state index contributed by atoms with van der Waals surface area (Å²) in [6.45, 7) is 0. The third-order valence-electron chi connectivity index (χ3n) is 3.71.